The molecule has 0 saturated carbocycles. The van der Waals surface area contributed by atoms with Crippen molar-refractivity contribution in [1.82, 2.24) is 0 Å². The van der Waals surface area contributed by atoms with Gasteiger partial charge in [-0.1, -0.05) is 20.4 Å². The highest BCUT2D eigenvalue weighted by atomic mass is 16.6. The van der Waals surface area contributed by atoms with E-state index in [0.717, 1.165) is 25.0 Å². The Kier molecular flexibility index (Phi) is 12.2. The number of carbonyl (C=O) groups excluding carboxylic acids is 3. The fourth-order valence-electron chi connectivity index (χ4n) is 3.04. The first kappa shape index (κ1) is 26.0. The highest BCUT2D eigenvalue weighted by Crippen LogP contribution is 2.19. The quantitative estimate of drug-likeness (QED) is 0.421. The van der Waals surface area contributed by atoms with Crippen LogP contribution in [-0.2, 0) is 33.3 Å². The minimum atomic E-state index is -0.0486. The third-order valence-corrected chi connectivity index (χ3v) is 4.94. The van der Waals surface area contributed by atoms with Gasteiger partial charge in [-0.3, -0.25) is 14.4 Å². The zero-order valence-corrected chi connectivity index (χ0v) is 18.9. The maximum Gasteiger partial charge on any atom is 0.306 e. The van der Waals surface area contributed by atoms with Gasteiger partial charge in [0.1, 0.15) is 0 Å². The lowest BCUT2D eigenvalue weighted by molar-refractivity contribution is -0.149. The molecule has 0 N–H and O–H groups in total. The van der Waals surface area contributed by atoms with E-state index >= 15 is 0 Å². The van der Waals surface area contributed by atoms with E-state index in [0.29, 0.717) is 50.4 Å². The zero-order chi connectivity index (χ0) is 22.5. The summed E-state index contributed by atoms with van der Waals surface area (Å²) in [6.45, 7) is 13.1. The van der Waals surface area contributed by atoms with Crippen molar-refractivity contribution >= 4 is 17.9 Å². The first-order valence-electron chi connectivity index (χ1n) is 11.0. The van der Waals surface area contributed by atoms with E-state index in [-0.39, 0.29) is 24.0 Å². The van der Waals surface area contributed by atoms with Crippen molar-refractivity contribution in [1.29, 1.82) is 0 Å². The second kappa shape index (κ2) is 14.0. The largest absolute Gasteiger partial charge is 0.496 e. The fraction of sp³-hybridized carbons (Fsp3) is 0.783. The Balaban J connectivity index is 0.000000200. The number of cyclic esters (lactones) is 3. The topological polar surface area (TPSA) is 88.1 Å². The van der Waals surface area contributed by atoms with Crippen LogP contribution in [0.1, 0.15) is 79.1 Å². The van der Waals surface area contributed by atoms with E-state index in [1.54, 1.807) is 0 Å². The van der Waals surface area contributed by atoms with Crippen LogP contribution < -0.4 is 0 Å². The molecule has 0 aromatic carbocycles. The lowest BCUT2D eigenvalue weighted by Crippen LogP contribution is -2.18. The molecule has 4 fully saturated rings. The molecule has 0 spiro atoms. The molecule has 4 aliphatic heterocycles. The zero-order valence-electron chi connectivity index (χ0n) is 18.9. The van der Waals surface area contributed by atoms with Gasteiger partial charge in [0, 0.05) is 25.2 Å². The van der Waals surface area contributed by atoms with Crippen LogP contribution in [0.15, 0.2) is 12.3 Å². The molecule has 30 heavy (non-hydrogen) atoms. The Morgan fingerprint density at radius 1 is 0.700 bits per heavy atom. The van der Waals surface area contributed by atoms with Gasteiger partial charge in [0.15, 0.2) is 0 Å². The molecule has 4 unspecified atom stereocenters. The number of hydrogen-bond donors (Lipinski definition) is 0. The van der Waals surface area contributed by atoms with Crippen molar-refractivity contribution in [2.45, 2.75) is 91.3 Å². The summed E-state index contributed by atoms with van der Waals surface area (Å²) >= 11 is 0. The summed E-state index contributed by atoms with van der Waals surface area (Å²) in [5.41, 5.74) is 0. The van der Waals surface area contributed by atoms with Crippen LogP contribution >= 0.6 is 0 Å². The third-order valence-electron chi connectivity index (χ3n) is 4.94. The molecular formula is C23H38O7. The van der Waals surface area contributed by atoms with Crippen LogP contribution in [0.4, 0.5) is 0 Å². The molecular weight excluding hydrogens is 388 g/mol. The Morgan fingerprint density at radius 2 is 1.30 bits per heavy atom. The molecule has 0 radical (unpaired) electrons. The van der Waals surface area contributed by atoms with Crippen LogP contribution in [0.5, 0.6) is 0 Å². The van der Waals surface area contributed by atoms with E-state index in [1.165, 1.54) is 12.8 Å². The smallest absolute Gasteiger partial charge is 0.306 e. The molecule has 0 aromatic rings. The second-order valence-electron chi connectivity index (χ2n) is 8.52. The van der Waals surface area contributed by atoms with Crippen LogP contribution in [-0.4, -0.2) is 43.3 Å². The van der Waals surface area contributed by atoms with Gasteiger partial charge in [-0.15, -0.1) is 0 Å². The molecule has 0 aliphatic carbocycles. The van der Waals surface area contributed by atoms with Crippen molar-refractivity contribution < 1.29 is 33.3 Å². The van der Waals surface area contributed by atoms with Crippen LogP contribution in [0.25, 0.3) is 0 Å². The molecule has 7 nitrogen and oxygen atoms in total. The van der Waals surface area contributed by atoms with Crippen LogP contribution in [0, 0.1) is 11.8 Å². The Bertz CT molecular complexity index is 538. The van der Waals surface area contributed by atoms with E-state index < -0.39 is 0 Å². The summed E-state index contributed by atoms with van der Waals surface area (Å²) < 4.78 is 19.4. The first-order chi connectivity index (χ1) is 14.2. The van der Waals surface area contributed by atoms with E-state index in [1.807, 2.05) is 13.8 Å². The summed E-state index contributed by atoms with van der Waals surface area (Å²) in [6, 6.07) is 0. The van der Waals surface area contributed by atoms with Crippen molar-refractivity contribution in [2.24, 2.45) is 11.8 Å². The average Bonchev–Trinajstić information content (AvgIpc) is 3.25. The summed E-state index contributed by atoms with van der Waals surface area (Å²) in [7, 11) is 0. The maximum atomic E-state index is 10.4. The first-order valence-corrected chi connectivity index (χ1v) is 11.0. The lowest BCUT2D eigenvalue weighted by atomic mass is 10.1. The monoisotopic (exact) mass is 426 g/mol. The number of hydrogen-bond acceptors (Lipinski definition) is 7. The van der Waals surface area contributed by atoms with Crippen molar-refractivity contribution in [2.75, 3.05) is 13.2 Å². The number of esters is 3. The Morgan fingerprint density at radius 3 is 1.57 bits per heavy atom. The molecule has 4 rings (SSSR count). The standard InChI is InChI=1S/C7H12O.C6H10O2.2C5H8O2/c1-6-4-3-5-7(2)8-6;1-5-2-3-6(7)8-4-5;1-4-2-5(6)7-3-4;1-4-2-3-5(6)7-4/h7H,1,3-5H2,2H3;5H,2-4H2,1H3;2*4H,2-3H2,1H3. The third kappa shape index (κ3) is 12.5. The maximum absolute atomic E-state index is 10.4. The summed E-state index contributed by atoms with van der Waals surface area (Å²) in [5, 5.41) is 0. The van der Waals surface area contributed by atoms with Gasteiger partial charge in [-0.05, 0) is 45.4 Å². The molecule has 4 aliphatic rings. The fourth-order valence-corrected chi connectivity index (χ4v) is 3.04. The van der Waals surface area contributed by atoms with Crippen LogP contribution in [0.3, 0.4) is 0 Å². The van der Waals surface area contributed by atoms with E-state index in [4.69, 9.17) is 14.2 Å². The normalized spacial score (nSPS) is 30.0. The Hall–Kier alpha value is -2.05. The number of allylic oxidation sites excluding steroid dienone is 1. The van der Waals surface area contributed by atoms with E-state index in [2.05, 4.69) is 25.2 Å². The molecule has 172 valence electrons. The predicted molar refractivity (Wildman–Crippen MR) is 112 cm³/mol. The summed E-state index contributed by atoms with van der Waals surface area (Å²) in [4.78, 5) is 30.8. The van der Waals surface area contributed by atoms with Gasteiger partial charge in [0.2, 0.25) is 0 Å². The molecule has 0 aromatic heterocycles. The van der Waals surface area contributed by atoms with Crippen molar-refractivity contribution in [3.05, 3.63) is 12.3 Å². The minimum Gasteiger partial charge on any atom is -0.496 e. The molecule has 4 saturated heterocycles. The number of carbonyl (C=O) groups is 3. The molecule has 0 bridgehead atoms. The lowest BCUT2D eigenvalue weighted by Gasteiger charge is -2.21. The summed E-state index contributed by atoms with van der Waals surface area (Å²) in [5.74, 6) is 1.85. The molecule has 4 heterocycles. The SMILES string of the molecule is C=C1CCCC(C)O1.CC1CCC(=O)O1.CC1CCC(=O)OC1.CC1COC(=O)C1. The minimum absolute atomic E-state index is 0.0388. The average molecular weight is 427 g/mol. The highest BCUT2D eigenvalue weighted by Gasteiger charge is 2.18. The summed E-state index contributed by atoms with van der Waals surface area (Å²) in [6.07, 6.45) is 7.83. The molecule has 4 atom stereocenters. The Labute approximate surface area is 180 Å². The van der Waals surface area contributed by atoms with Crippen LogP contribution in [0.2, 0.25) is 0 Å². The van der Waals surface area contributed by atoms with Gasteiger partial charge in [0.25, 0.3) is 0 Å². The van der Waals surface area contributed by atoms with Crippen molar-refractivity contribution in [3.63, 3.8) is 0 Å². The molecule has 0 amide bonds. The van der Waals surface area contributed by atoms with Gasteiger partial charge in [-0.2, -0.15) is 0 Å². The van der Waals surface area contributed by atoms with Gasteiger partial charge in [-0.25, -0.2) is 0 Å². The highest BCUT2D eigenvalue weighted by molar-refractivity contribution is 5.71. The second-order valence-corrected chi connectivity index (χ2v) is 8.52. The number of rotatable bonds is 0. The number of ether oxygens (including phenoxy) is 4. The van der Waals surface area contributed by atoms with Gasteiger partial charge < -0.3 is 18.9 Å². The van der Waals surface area contributed by atoms with Gasteiger partial charge >= 0.3 is 17.9 Å². The predicted octanol–water partition coefficient (Wildman–Crippen LogP) is 4.33. The van der Waals surface area contributed by atoms with E-state index in [9.17, 15) is 14.4 Å². The van der Waals surface area contributed by atoms with Gasteiger partial charge in [0.05, 0.1) is 37.6 Å². The van der Waals surface area contributed by atoms with Crippen molar-refractivity contribution in [3.8, 4) is 0 Å². The molecule has 7 heteroatoms.